The molecular formula is C22H42N4O3. The number of urea groups is 1. The molecule has 3 rings (SSSR count). The van der Waals surface area contributed by atoms with E-state index in [9.17, 15) is 9.59 Å². The van der Waals surface area contributed by atoms with Crippen LogP contribution in [0.2, 0.25) is 0 Å². The highest BCUT2D eigenvalue weighted by Crippen LogP contribution is 2.48. The van der Waals surface area contributed by atoms with Gasteiger partial charge in [0.1, 0.15) is 5.60 Å². The maximum Gasteiger partial charge on any atom is 0.407 e. The minimum atomic E-state index is -0.419. The Morgan fingerprint density at radius 1 is 1.07 bits per heavy atom. The van der Waals surface area contributed by atoms with Crippen LogP contribution in [0.1, 0.15) is 73.1 Å². The molecule has 0 unspecified atom stereocenters. The molecule has 7 heteroatoms. The molecule has 1 saturated heterocycles. The van der Waals surface area contributed by atoms with E-state index >= 15 is 0 Å². The number of carbonyl (C=O) groups is 2. The molecule has 0 aromatic heterocycles. The lowest BCUT2D eigenvalue weighted by atomic mass is 10.1. The number of nitrogens with zero attached hydrogens (tertiary/aromatic N) is 1. The van der Waals surface area contributed by atoms with Crippen LogP contribution < -0.4 is 16.0 Å². The van der Waals surface area contributed by atoms with E-state index in [-0.39, 0.29) is 12.1 Å². The maximum absolute atomic E-state index is 11.3. The van der Waals surface area contributed by atoms with Crippen molar-refractivity contribution in [3.63, 3.8) is 0 Å². The molecule has 2 saturated carbocycles. The highest BCUT2D eigenvalue weighted by atomic mass is 16.6. The quantitative estimate of drug-likeness (QED) is 0.508. The normalized spacial score (nSPS) is 21.0. The molecule has 0 atom stereocenters. The van der Waals surface area contributed by atoms with Crippen molar-refractivity contribution >= 4 is 12.1 Å². The second kappa shape index (κ2) is 10.0. The molecule has 7 nitrogen and oxygen atoms in total. The van der Waals surface area contributed by atoms with E-state index in [0.29, 0.717) is 17.4 Å². The number of nitrogens with one attached hydrogen (secondary N) is 3. The van der Waals surface area contributed by atoms with Gasteiger partial charge < -0.3 is 25.6 Å². The molecule has 0 spiro atoms. The predicted octanol–water partition coefficient (Wildman–Crippen LogP) is 3.49. The highest BCUT2D eigenvalue weighted by molar-refractivity contribution is 5.76. The van der Waals surface area contributed by atoms with Gasteiger partial charge in [0.25, 0.3) is 0 Å². The largest absolute Gasteiger partial charge is 0.444 e. The van der Waals surface area contributed by atoms with Crippen molar-refractivity contribution in [2.45, 2.75) is 78.7 Å². The van der Waals surface area contributed by atoms with E-state index in [4.69, 9.17) is 4.74 Å². The van der Waals surface area contributed by atoms with Crippen LogP contribution in [0, 0.1) is 10.8 Å². The lowest BCUT2D eigenvalue weighted by Gasteiger charge is -2.19. The van der Waals surface area contributed by atoms with Crippen LogP contribution in [0.3, 0.4) is 0 Å². The fourth-order valence-corrected chi connectivity index (χ4v) is 3.14. The van der Waals surface area contributed by atoms with Crippen LogP contribution in [0.25, 0.3) is 0 Å². The second-order valence-electron chi connectivity index (χ2n) is 10.5. The molecule has 0 aromatic rings. The summed E-state index contributed by atoms with van der Waals surface area (Å²) < 4.78 is 5.13. The van der Waals surface area contributed by atoms with E-state index in [1.807, 2.05) is 25.7 Å². The summed E-state index contributed by atoms with van der Waals surface area (Å²) in [5.41, 5.74) is 0.756. The van der Waals surface area contributed by atoms with Gasteiger partial charge in [-0.1, -0.05) is 13.8 Å². The predicted molar refractivity (Wildman–Crippen MR) is 116 cm³/mol. The van der Waals surface area contributed by atoms with Crippen LogP contribution in [0.4, 0.5) is 9.59 Å². The van der Waals surface area contributed by atoms with Crippen LogP contribution in [-0.2, 0) is 4.74 Å². The van der Waals surface area contributed by atoms with Gasteiger partial charge in [0.05, 0.1) is 0 Å². The van der Waals surface area contributed by atoms with Gasteiger partial charge in [-0.3, -0.25) is 0 Å². The van der Waals surface area contributed by atoms with Crippen molar-refractivity contribution in [3.05, 3.63) is 0 Å². The summed E-state index contributed by atoms with van der Waals surface area (Å²) in [4.78, 5) is 24.3. The zero-order valence-electron chi connectivity index (χ0n) is 19.2. The van der Waals surface area contributed by atoms with Crippen LogP contribution in [0.15, 0.2) is 0 Å². The minimum absolute atomic E-state index is 0.124. The van der Waals surface area contributed by atoms with Gasteiger partial charge in [0, 0.05) is 32.7 Å². The number of carbonyl (C=O) groups excluding carboxylic acids is 2. The standard InChI is InChI=1S/C13H26N2O2.C9H16N2O/c1-12(2,3)17-11(16)15-10-9-14-8-7-13(4)5-6-13;1-9(2-3-9)4-6-11-7-5-10-8(11)12/h14H,5-10H2,1-4H3,(H,15,16);2-7H2,1H3,(H,10,12). The van der Waals surface area contributed by atoms with Gasteiger partial charge in [0.15, 0.2) is 0 Å². The first-order valence-electron chi connectivity index (χ1n) is 11.2. The third-order valence-electron chi connectivity index (χ3n) is 6.01. The zero-order valence-corrected chi connectivity index (χ0v) is 19.2. The summed E-state index contributed by atoms with van der Waals surface area (Å²) in [6.45, 7) is 15.3. The summed E-state index contributed by atoms with van der Waals surface area (Å²) >= 11 is 0. The van der Waals surface area contributed by atoms with Gasteiger partial charge in [-0.2, -0.15) is 0 Å². The van der Waals surface area contributed by atoms with Gasteiger partial charge in [-0.25, -0.2) is 9.59 Å². The maximum atomic E-state index is 11.3. The smallest absolute Gasteiger partial charge is 0.407 e. The van der Waals surface area contributed by atoms with E-state index in [1.165, 1.54) is 38.5 Å². The molecule has 0 radical (unpaired) electrons. The number of alkyl carbamates (subject to hydrolysis) is 1. The Labute approximate surface area is 176 Å². The van der Waals surface area contributed by atoms with Gasteiger partial charge in [-0.05, 0) is 76.7 Å². The molecule has 3 amide bonds. The van der Waals surface area contributed by atoms with Gasteiger partial charge in [-0.15, -0.1) is 0 Å². The number of ether oxygens (including phenoxy) is 1. The molecule has 3 N–H and O–H groups in total. The Balaban J connectivity index is 0.000000218. The van der Waals surface area contributed by atoms with Crippen molar-refractivity contribution in [1.29, 1.82) is 0 Å². The SMILES string of the molecule is CC1(CCN2CCNC2=O)CC1.CC1(CCNCCNC(=O)OC(C)(C)C)CC1. The molecule has 0 bridgehead atoms. The second-order valence-corrected chi connectivity index (χ2v) is 10.5. The number of amides is 3. The van der Waals surface area contributed by atoms with Crippen molar-refractivity contribution < 1.29 is 14.3 Å². The van der Waals surface area contributed by atoms with Crippen LogP contribution in [0.5, 0.6) is 0 Å². The topological polar surface area (TPSA) is 82.7 Å². The summed E-state index contributed by atoms with van der Waals surface area (Å²) in [5.74, 6) is 0. The first-order valence-corrected chi connectivity index (χ1v) is 11.2. The molecule has 2 aliphatic carbocycles. The summed E-state index contributed by atoms with van der Waals surface area (Å²) in [5, 5.41) is 8.87. The third-order valence-corrected chi connectivity index (χ3v) is 6.01. The fourth-order valence-electron chi connectivity index (χ4n) is 3.14. The number of hydrogen-bond acceptors (Lipinski definition) is 4. The Morgan fingerprint density at radius 3 is 2.21 bits per heavy atom. The molecule has 3 aliphatic rings. The molecule has 1 aliphatic heterocycles. The molecule has 1 heterocycles. The molecule has 0 aromatic carbocycles. The summed E-state index contributed by atoms with van der Waals surface area (Å²) in [6, 6.07) is 0.124. The summed E-state index contributed by atoms with van der Waals surface area (Å²) in [7, 11) is 0. The van der Waals surface area contributed by atoms with Crippen molar-refractivity contribution in [1.82, 2.24) is 20.9 Å². The Bertz CT molecular complexity index is 551. The zero-order chi connectivity index (χ0) is 21.5. The van der Waals surface area contributed by atoms with Gasteiger partial charge >= 0.3 is 12.1 Å². The molecule has 29 heavy (non-hydrogen) atoms. The van der Waals surface area contributed by atoms with Crippen molar-refractivity contribution in [2.24, 2.45) is 10.8 Å². The lowest BCUT2D eigenvalue weighted by Crippen LogP contribution is -2.36. The van der Waals surface area contributed by atoms with Crippen LogP contribution >= 0.6 is 0 Å². The first kappa shape index (κ1) is 23.8. The van der Waals surface area contributed by atoms with Gasteiger partial charge in [0.2, 0.25) is 0 Å². The Kier molecular flexibility index (Phi) is 8.20. The van der Waals surface area contributed by atoms with E-state index in [1.54, 1.807) is 0 Å². The van der Waals surface area contributed by atoms with E-state index in [0.717, 1.165) is 32.7 Å². The summed E-state index contributed by atoms with van der Waals surface area (Å²) in [6.07, 6.45) is 7.51. The average molecular weight is 411 g/mol. The molecule has 3 fully saturated rings. The number of rotatable bonds is 9. The Hall–Kier alpha value is -1.50. The molecule has 168 valence electrons. The molecular weight excluding hydrogens is 368 g/mol. The fraction of sp³-hybridized carbons (Fsp3) is 0.909. The van der Waals surface area contributed by atoms with Crippen LogP contribution in [-0.4, -0.2) is 61.9 Å². The van der Waals surface area contributed by atoms with Crippen molar-refractivity contribution in [2.75, 3.05) is 39.3 Å². The number of hydrogen-bond donors (Lipinski definition) is 3. The average Bonchev–Trinajstić information content (AvgIpc) is 3.49. The third kappa shape index (κ3) is 10.2. The highest BCUT2D eigenvalue weighted by Gasteiger charge is 2.37. The monoisotopic (exact) mass is 410 g/mol. The van der Waals surface area contributed by atoms with E-state index < -0.39 is 5.60 Å². The first-order chi connectivity index (χ1) is 13.5. The van der Waals surface area contributed by atoms with E-state index in [2.05, 4.69) is 29.8 Å². The Morgan fingerprint density at radius 2 is 1.69 bits per heavy atom. The lowest BCUT2D eigenvalue weighted by molar-refractivity contribution is 0.0528. The van der Waals surface area contributed by atoms with Crippen molar-refractivity contribution in [3.8, 4) is 0 Å². The minimum Gasteiger partial charge on any atom is -0.444 e.